The van der Waals surface area contributed by atoms with E-state index in [1.807, 2.05) is 36.4 Å². The number of aryl methyl sites for hydroxylation is 1. The van der Waals surface area contributed by atoms with Gasteiger partial charge in [-0.2, -0.15) is 0 Å². The van der Waals surface area contributed by atoms with Crippen LogP contribution in [-0.4, -0.2) is 11.4 Å². The lowest BCUT2D eigenvalue weighted by molar-refractivity contribution is 0.220. The number of hydrogen-bond donors (Lipinski definition) is 1. The summed E-state index contributed by atoms with van der Waals surface area (Å²) in [6.45, 7) is 2.12. The van der Waals surface area contributed by atoms with Crippen molar-refractivity contribution in [3.8, 4) is 0 Å². The smallest absolute Gasteiger partial charge is 0.104 e. The van der Waals surface area contributed by atoms with Crippen LogP contribution in [0.25, 0.3) is 0 Å². The molecular formula is C16H18OS. The normalized spacial score (nSPS) is 12.4. The molecule has 0 aliphatic rings. The van der Waals surface area contributed by atoms with Gasteiger partial charge in [0.05, 0.1) is 0 Å². The Bertz CT molecular complexity index is 505. The molecule has 0 amide bonds. The predicted molar refractivity (Wildman–Crippen MR) is 78.1 cm³/mol. The zero-order valence-corrected chi connectivity index (χ0v) is 11.6. The number of hydrogen-bond acceptors (Lipinski definition) is 2. The first-order valence-electron chi connectivity index (χ1n) is 6.15. The number of thioether (sulfide) groups is 1. The molecule has 0 aromatic heterocycles. The highest BCUT2D eigenvalue weighted by Gasteiger charge is 2.10. The maximum absolute atomic E-state index is 10.4. The van der Waals surface area contributed by atoms with Crippen molar-refractivity contribution in [2.75, 3.05) is 6.26 Å². The van der Waals surface area contributed by atoms with Gasteiger partial charge in [0.25, 0.3) is 0 Å². The second-order valence-electron chi connectivity index (χ2n) is 4.27. The summed E-state index contributed by atoms with van der Waals surface area (Å²) in [5, 5.41) is 10.4. The van der Waals surface area contributed by atoms with Gasteiger partial charge in [-0.15, -0.1) is 11.8 Å². The van der Waals surface area contributed by atoms with Gasteiger partial charge in [-0.25, -0.2) is 0 Å². The molecule has 2 rings (SSSR count). The second-order valence-corrected chi connectivity index (χ2v) is 5.15. The Morgan fingerprint density at radius 2 is 1.78 bits per heavy atom. The minimum atomic E-state index is -0.535. The maximum Gasteiger partial charge on any atom is 0.104 e. The molecule has 2 heteroatoms. The second kappa shape index (κ2) is 6.07. The van der Waals surface area contributed by atoms with Crippen LogP contribution in [0.2, 0.25) is 0 Å². The molecule has 1 unspecified atom stereocenters. The standard InChI is InChI=1S/C16H18OS/c1-3-12-5-4-6-14(11-12)16(17)13-7-9-15(18-2)10-8-13/h4-11,16-17H,3H2,1-2H3. The van der Waals surface area contributed by atoms with E-state index < -0.39 is 6.10 Å². The fraction of sp³-hybridized carbons (Fsp3) is 0.250. The quantitative estimate of drug-likeness (QED) is 0.835. The molecule has 2 aromatic carbocycles. The van der Waals surface area contributed by atoms with Gasteiger partial charge < -0.3 is 5.11 Å². The molecule has 0 heterocycles. The van der Waals surface area contributed by atoms with Crippen molar-refractivity contribution in [1.82, 2.24) is 0 Å². The number of aliphatic hydroxyl groups excluding tert-OH is 1. The van der Waals surface area contributed by atoms with Gasteiger partial charge in [-0.05, 0) is 41.5 Å². The molecule has 0 aliphatic carbocycles. The Balaban J connectivity index is 2.25. The summed E-state index contributed by atoms with van der Waals surface area (Å²) in [6, 6.07) is 16.2. The topological polar surface area (TPSA) is 20.2 Å². The van der Waals surface area contributed by atoms with Crippen molar-refractivity contribution < 1.29 is 5.11 Å². The highest BCUT2D eigenvalue weighted by molar-refractivity contribution is 7.98. The molecule has 0 saturated heterocycles. The molecule has 0 aliphatic heterocycles. The van der Waals surface area contributed by atoms with Gasteiger partial charge in [0.15, 0.2) is 0 Å². The fourth-order valence-corrected chi connectivity index (χ4v) is 2.37. The highest BCUT2D eigenvalue weighted by atomic mass is 32.2. The van der Waals surface area contributed by atoms with E-state index in [2.05, 4.69) is 25.3 Å². The third-order valence-corrected chi connectivity index (χ3v) is 3.85. The Hall–Kier alpha value is -1.25. The van der Waals surface area contributed by atoms with Gasteiger partial charge in [-0.3, -0.25) is 0 Å². The maximum atomic E-state index is 10.4. The van der Waals surface area contributed by atoms with Crippen LogP contribution in [0.1, 0.15) is 29.7 Å². The van der Waals surface area contributed by atoms with Crippen LogP contribution < -0.4 is 0 Å². The van der Waals surface area contributed by atoms with Crippen LogP contribution in [0.5, 0.6) is 0 Å². The zero-order chi connectivity index (χ0) is 13.0. The van der Waals surface area contributed by atoms with E-state index in [9.17, 15) is 5.11 Å². The summed E-state index contributed by atoms with van der Waals surface area (Å²) in [5.74, 6) is 0. The molecular weight excluding hydrogens is 240 g/mol. The van der Waals surface area contributed by atoms with Crippen molar-refractivity contribution in [3.05, 3.63) is 65.2 Å². The average Bonchev–Trinajstić information content (AvgIpc) is 2.46. The van der Waals surface area contributed by atoms with Crippen molar-refractivity contribution >= 4 is 11.8 Å². The summed E-state index contributed by atoms with van der Waals surface area (Å²) >= 11 is 1.71. The number of benzene rings is 2. The monoisotopic (exact) mass is 258 g/mol. The first-order chi connectivity index (χ1) is 8.74. The summed E-state index contributed by atoms with van der Waals surface area (Å²) in [5.41, 5.74) is 3.17. The van der Waals surface area contributed by atoms with Gasteiger partial charge in [0, 0.05) is 4.90 Å². The molecule has 1 N–H and O–H groups in total. The zero-order valence-electron chi connectivity index (χ0n) is 10.8. The van der Waals surface area contributed by atoms with E-state index >= 15 is 0 Å². The fourth-order valence-electron chi connectivity index (χ4n) is 1.96. The Labute approximate surface area is 113 Å². The molecule has 0 fully saturated rings. The molecule has 18 heavy (non-hydrogen) atoms. The molecule has 2 aromatic rings. The lowest BCUT2D eigenvalue weighted by Gasteiger charge is -2.13. The van der Waals surface area contributed by atoms with Crippen LogP contribution in [0.4, 0.5) is 0 Å². The van der Waals surface area contributed by atoms with Crippen LogP contribution >= 0.6 is 11.8 Å². The van der Waals surface area contributed by atoms with E-state index in [-0.39, 0.29) is 0 Å². The molecule has 1 atom stereocenters. The largest absolute Gasteiger partial charge is 0.384 e. The van der Waals surface area contributed by atoms with E-state index in [1.165, 1.54) is 10.5 Å². The van der Waals surface area contributed by atoms with Gasteiger partial charge in [0.1, 0.15) is 6.10 Å². The number of aliphatic hydroxyl groups is 1. The third-order valence-electron chi connectivity index (χ3n) is 3.11. The van der Waals surface area contributed by atoms with E-state index in [4.69, 9.17) is 0 Å². The van der Waals surface area contributed by atoms with E-state index in [0.29, 0.717) is 0 Å². The number of rotatable bonds is 4. The predicted octanol–water partition coefficient (Wildman–Crippen LogP) is 4.05. The van der Waals surface area contributed by atoms with Crippen molar-refractivity contribution in [3.63, 3.8) is 0 Å². The third kappa shape index (κ3) is 2.95. The van der Waals surface area contributed by atoms with Gasteiger partial charge in [-0.1, -0.05) is 43.3 Å². The molecule has 0 bridgehead atoms. The van der Waals surface area contributed by atoms with Crippen LogP contribution in [0, 0.1) is 0 Å². The first kappa shape index (κ1) is 13.2. The van der Waals surface area contributed by atoms with E-state index in [0.717, 1.165) is 17.5 Å². The first-order valence-corrected chi connectivity index (χ1v) is 7.38. The minimum Gasteiger partial charge on any atom is -0.384 e. The summed E-state index contributed by atoms with van der Waals surface area (Å²) in [4.78, 5) is 1.22. The van der Waals surface area contributed by atoms with Crippen LogP contribution in [0.15, 0.2) is 53.4 Å². The summed E-state index contributed by atoms with van der Waals surface area (Å²) in [7, 11) is 0. The van der Waals surface area contributed by atoms with E-state index in [1.54, 1.807) is 11.8 Å². The summed E-state index contributed by atoms with van der Waals surface area (Å²) in [6.07, 6.45) is 2.51. The van der Waals surface area contributed by atoms with Crippen molar-refractivity contribution in [2.45, 2.75) is 24.3 Å². The highest BCUT2D eigenvalue weighted by Crippen LogP contribution is 2.25. The molecule has 0 spiro atoms. The SMILES string of the molecule is CCc1cccc(C(O)c2ccc(SC)cc2)c1. The average molecular weight is 258 g/mol. The Morgan fingerprint density at radius 1 is 1.06 bits per heavy atom. The van der Waals surface area contributed by atoms with Crippen molar-refractivity contribution in [2.24, 2.45) is 0 Å². The van der Waals surface area contributed by atoms with Crippen LogP contribution in [-0.2, 0) is 6.42 Å². The lowest BCUT2D eigenvalue weighted by Crippen LogP contribution is -2.00. The molecule has 1 nitrogen and oxygen atoms in total. The Morgan fingerprint density at radius 3 is 2.39 bits per heavy atom. The summed E-state index contributed by atoms with van der Waals surface area (Å²) < 4.78 is 0. The molecule has 0 radical (unpaired) electrons. The lowest BCUT2D eigenvalue weighted by atomic mass is 9.99. The van der Waals surface area contributed by atoms with Crippen LogP contribution in [0.3, 0.4) is 0 Å². The molecule has 94 valence electrons. The van der Waals surface area contributed by atoms with Gasteiger partial charge in [0.2, 0.25) is 0 Å². The Kier molecular flexibility index (Phi) is 4.45. The van der Waals surface area contributed by atoms with Gasteiger partial charge >= 0.3 is 0 Å². The minimum absolute atomic E-state index is 0.535. The van der Waals surface area contributed by atoms with Crippen molar-refractivity contribution in [1.29, 1.82) is 0 Å². The molecule has 0 saturated carbocycles.